The molecule has 0 saturated carbocycles. The Morgan fingerprint density at radius 2 is 1.81 bits per heavy atom. The molecule has 0 aliphatic rings. The van der Waals surface area contributed by atoms with Crippen LogP contribution in [-0.4, -0.2) is 25.4 Å². The topological polar surface area (TPSA) is 79.5 Å². The second-order valence-electron chi connectivity index (χ2n) is 5.13. The molecule has 0 spiro atoms. The smallest absolute Gasteiger partial charge is 0.408 e. The second kappa shape index (κ2) is 8.84. The van der Waals surface area contributed by atoms with Crippen LogP contribution in [0.2, 0.25) is 0 Å². The summed E-state index contributed by atoms with van der Waals surface area (Å²) in [6, 6.07) is 9.27. The standard InChI is InChI=1S/C15H23N3O3/c1-11(2)9-13(18-15(20)21-3)17-14(19)16-10-12-7-5-4-6-8-12/h4-8,11,13H,9-10H2,1-3H3,(H,18,20)(H2,16,17,19). The predicted octanol–water partition coefficient (Wildman–Crippen LogP) is 2.21. The van der Waals surface area contributed by atoms with Gasteiger partial charge in [0.15, 0.2) is 0 Å². The number of rotatable bonds is 6. The molecule has 6 nitrogen and oxygen atoms in total. The molecule has 0 aliphatic heterocycles. The van der Waals surface area contributed by atoms with Crippen LogP contribution in [0, 0.1) is 5.92 Å². The fourth-order valence-electron chi connectivity index (χ4n) is 1.81. The highest BCUT2D eigenvalue weighted by Crippen LogP contribution is 2.03. The highest BCUT2D eigenvalue weighted by Gasteiger charge is 2.16. The lowest BCUT2D eigenvalue weighted by Crippen LogP contribution is -2.51. The van der Waals surface area contributed by atoms with Crippen LogP contribution in [0.4, 0.5) is 9.59 Å². The molecule has 3 amide bonds. The van der Waals surface area contributed by atoms with Crippen LogP contribution in [0.15, 0.2) is 30.3 Å². The summed E-state index contributed by atoms with van der Waals surface area (Å²) in [5, 5.41) is 8.07. The molecule has 1 rings (SSSR count). The number of urea groups is 1. The summed E-state index contributed by atoms with van der Waals surface area (Å²) in [4.78, 5) is 23.1. The maximum Gasteiger partial charge on any atom is 0.408 e. The number of hydrogen-bond donors (Lipinski definition) is 3. The Bertz CT molecular complexity index is 449. The van der Waals surface area contributed by atoms with Gasteiger partial charge in [0, 0.05) is 6.54 Å². The molecule has 1 atom stereocenters. The Labute approximate surface area is 125 Å². The number of carbonyl (C=O) groups is 2. The van der Waals surface area contributed by atoms with Crippen molar-refractivity contribution in [2.75, 3.05) is 7.11 Å². The van der Waals surface area contributed by atoms with E-state index in [-0.39, 0.29) is 6.03 Å². The first-order valence-corrected chi connectivity index (χ1v) is 6.94. The monoisotopic (exact) mass is 293 g/mol. The molecule has 6 heteroatoms. The van der Waals surface area contributed by atoms with Gasteiger partial charge in [0.2, 0.25) is 0 Å². The van der Waals surface area contributed by atoms with E-state index in [1.807, 2.05) is 44.2 Å². The third-order valence-electron chi connectivity index (χ3n) is 2.79. The van der Waals surface area contributed by atoms with Crippen molar-refractivity contribution in [2.24, 2.45) is 5.92 Å². The third-order valence-corrected chi connectivity index (χ3v) is 2.79. The Kier molecular flexibility index (Phi) is 7.08. The van der Waals surface area contributed by atoms with Crippen molar-refractivity contribution < 1.29 is 14.3 Å². The summed E-state index contributed by atoms with van der Waals surface area (Å²) in [5.41, 5.74) is 1.01. The Morgan fingerprint density at radius 1 is 1.14 bits per heavy atom. The van der Waals surface area contributed by atoms with E-state index in [2.05, 4.69) is 20.7 Å². The van der Waals surface area contributed by atoms with Gasteiger partial charge in [0.1, 0.15) is 6.17 Å². The lowest BCUT2D eigenvalue weighted by atomic mass is 10.1. The van der Waals surface area contributed by atoms with Crippen LogP contribution in [0.1, 0.15) is 25.8 Å². The Balaban J connectivity index is 2.45. The van der Waals surface area contributed by atoms with Gasteiger partial charge < -0.3 is 20.7 Å². The summed E-state index contributed by atoms with van der Waals surface area (Å²) in [6.07, 6.45) is -0.411. The normalized spacial score (nSPS) is 11.6. The first kappa shape index (κ1) is 16.8. The summed E-state index contributed by atoms with van der Waals surface area (Å²) in [7, 11) is 1.29. The molecule has 0 radical (unpaired) electrons. The molecule has 0 bridgehead atoms. The first-order chi connectivity index (χ1) is 10.0. The summed E-state index contributed by atoms with van der Waals surface area (Å²) in [5.74, 6) is 0.321. The van der Waals surface area contributed by atoms with Gasteiger partial charge in [-0.25, -0.2) is 9.59 Å². The van der Waals surface area contributed by atoms with Gasteiger partial charge in [0.05, 0.1) is 7.11 Å². The quantitative estimate of drug-likeness (QED) is 0.704. The van der Waals surface area contributed by atoms with Gasteiger partial charge in [-0.05, 0) is 17.9 Å². The fraction of sp³-hybridized carbons (Fsp3) is 0.467. The second-order valence-corrected chi connectivity index (χ2v) is 5.13. The Hall–Kier alpha value is -2.24. The molecule has 1 aromatic rings. The zero-order chi connectivity index (χ0) is 15.7. The van der Waals surface area contributed by atoms with Crippen LogP contribution < -0.4 is 16.0 Å². The van der Waals surface area contributed by atoms with Crippen LogP contribution >= 0.6 is 0 Å². The predicted molar refractivity (Wildman–Crippen MR) is 80.6 cm³/mol. The number of nitrogens with one attached hydrogen (secondary N) is 3. The zero-order valence-corrected chi connectivity index (χ0v) is 12.7. The van der Waals surface area contributed by atoms with Crippen molar-refractivity contribution in [3.05, 3.63) is 35.9 Å². The van der Waals surface area contributed by atoms with Crippen LogP contribution in [0.3, 0.4) is 0 Å². The van der Waals surface area contributed by atoms with Crippen molar-refractivity contribution in [3.63, 3.8) is 0 Å². The third kappa shape index (κ3) is 7.20. The molecule has 0 aromatic heterocycles. The van der Waals surface area contributed by atoms with Crippen molar-refractivity contribution >= 4 is 12.1 Å². The molecule has 21 heavy (non-hydrogen) atoms. The number of methoxy groups -OCH3 is 1. The SMILES string of the molecule is COC(=O)NC(CC(C)C)NC(=O)NCc1ccccc1. The molecule has 1 unspecified atom stereocenters. The fourth-order valence-corrected chi connectivity index (χ4v) is 1.81. The highest BCUT2D eigenvalue weighted by molar-refractivity contribution is 5.75. The van der Waals surface area contributed by atoms with Crippen molar-refractivity contribution in [1.29, 1.82) is 0 Å². The van der Waals surface area contributed by atoms with E-state index in [1.165, 1.54) is 7.11 Å². The van der Waals surface area contributed by atoms with Gasteiger partial charge in [-0.15, -0.1) is 0 Å². The van der Waals surface area contributed by atoms with E-state index in [0.717, 1.165) is 5.56 Å². The van der Waals surface area contributed by atoms with E-state index < -0.39 is 12.3 Å². The van der Waals surface area contributed by atoms with Gasteiger partial charge in [0.25, 0.3) is 0 Å². The number of amides is 3. The maximum atomic E-state index is 11.9. The van der Waals surface area contributed by atoms with Gasteiger partial charge >= 0.3 is 12.1 Å². The minimum atomic E-state index is -0.566. The molecule has 0 saturated heterocycles. The van der Waals surface area contributed by atoms with Crippen molar-refractivity contribution in [1.82, 2.24) is 16.0 Å². The van der Waals surface area contributed by atoms with Crippen LogP contribution in [0.25, 0.3) is 0 Å². The minimum absolute atomic E-state index is 0.321. The number of alkyl carbamates (subject to hydrolysis) is 1. The number of benzene rings is 1. The maximum absolute atomic E-state index is 11.9. The molecule has 3 N–H and O–H groups in total. The lowest BCUT2D eigenvalue weighted by Gasteiger charge is -2.21. The van der Waals surface area contributed by atoms with Gasteiger partial charge in [-0.3, -0.25) is 0 Å². The average molecular weight is 293 g/mol. The van der Waals surface area contributed by atoms with Crippen molar-refractivity contribution in [2.45, 2.75) is 33.0 Å². The highest BCUT2D eigenvalue weighted by atomic mass is 16.5. The molecule has 116 valence electrons. The van der Waals surface area contributed by atoms with Crippen LogP contribution in [0.5, 0.6) is 0 Å². The van der Waals surface area contributed by atoms with E-state index in [0.29, 0.717) is 18.9 Å². The Morgan fingerprint density at radius 3 is 2.38 bits per heavy atom. The molecule has 0 heterocycles. The van der Waals surface area contributed by atoms with Crippen LogP contribution in [-0.2, 0) is 11.3 Å². The molecule has 0 aliphatic carbocycles. The molecule has 1 aromatic carbocycles. The van der Waals surface area contributed by atoms with Gasteiger partial charge in [-0.2, -0.15) is 0 Å². The minimum Gasteiger partial charge on any atom is -0.453 e. The summed E-state index contributed by atoms with van der Waals surface area (Å²) in [6.45, 7) is 4.45. The van der Waals surface area contributed by atoms with E-state index in [9.17, 15) is 9.59 Å². The molecule has 0 fully saturated rings. The average Bonchev–Trinajstić information content (AvgIpc) is 2.45. The summed E-state index contributed by atoms with van der Waals surface area (Å²) >= 11 is 0. The number of hydrogen-bond acceptors (Lipinski definition) is 3. The van der Waals surface area contributed by atoms with E-state index in [1.54, 1.807) is 0 Å². The number of carbonyl (C=O) groups excluding carboxylic acids is 2. The summed E-state index contributed by atoms with van der Waals surface area (Å²) < 4.78 is 4.55. The number of ether oxygens (including phenoxy) is 1. The largest absolute Gasteiger partial charge is 0.453 e. The molecular weight excluding hydrogens is 270 g/mol. The van der Waals surface area contributed by atoms with E-state index >= 15 is 0 Å². The molecular formula is C15H23N3O3. The van der Waals surface area contributed by atoms with E-state index in [4.69, 9.17) is 0 Å². The van der Waals surface area contributed by atoms with Crippen molar-refractivity contribution in [3.8, 4) is 0 Å². The zero-order valence-electron chi connectivity index (χ0n) is 12.7. The first-order valence-electron chi connectivity index (χ1n) is 6.94. The van der Waals surface area contributed by atoms with Gasteiger partial charge in [-0.1, -0.05) is 44.2 Å². The lowest BCUT2D eigenvalue weighted by molar-refractivity contribution is 0.162.